The largest absolute Gasteiger partial charge is 0.312 e. The van der Waals surface area contributed by atoms with E-state index in [1.54, 1.807) is 11.8 Å². The lowest BCUT2D eigenvalue weighted by Gasteiger charge is -2.22. The molecule has 7 nitrogen and oxygen atoms in total. The number of likely N-dealkylation sites (tertiary alicyclic amines) is 1. The van der Waals surface area contributed by atoms with Crippen LogP contribution in [0.15, 0.2) is 59.8 Å². The van der Waals surface area contributed by atoms with E-state index >= 15 is 0 Å². The molecule has 8 heteroatoms. The van der Waals surface area contributed by atoms with Crippen LogP contribution in [0.5, 0.6) is 0 Å². The van der Waals surface area contributed by atoms with Crippen molar-refractivity contribution in [2.24, 2.45) is 13.0 Å². The molecule has 1 saturated carbocycles. The Kier molecular flexibility index (Phi) is 6.20. The van der Waals surface area contributed by atoms with Gasteiger partial charge in [0.25, 0.3) is 0 Å². The molecule has 2 saturated heterocycles. The van der Waals surface area contributed by atoms with Crippen LogP contribution in [0, 0.1) is 12.8 Å². The molecule has 1 unspecified atom stereocenters. The normalized spacial score (nSPS) is 22.7. The van der Waals surface area contributed by atoms with Gasteiger partial charge in [-0.1, -0.05) is 42.1 Å². The van der Waals surface area contributed by atoms with Crippen molar-refractivity contribution in [3.8, 4) is 11.4 Å². The zero-order valence-electron chi connectivity index (χ0n) is 22.6. The van der Waals surface area contributed by atoms with Gasteiger partial charge in [-0.25, -0.2) is 0 Å². The molecule has 0 N–H and O–H groups in total. The fourth-order valence-corrected chi connectivity index (χ4v) is 7.51. The van der Waals surface area contributed by atoms with Gasteiger partial charge in [-0.05, 0) is 68.5 Å². The van der Waals surface area contributed by atoms with E-state index in [2.05, 4.69) is 80.2 Å². The maximum Gasteiger partial charge on any atom is 0.227 e. The summed E-state index contributed by atoms with van der Waals surface area (Å²) in [4.78, 5) is 21.3. The predicted octanol–water partition coefficient (Wildman–Crippen LogP) is 5.22. The minimum Gasteiger partial charge on any atom is -0.312 e. The van der Waals surface area contributed by atoms with Crippen molar-refractivity contribution < 1.29 is 4.79 Å². The van der Waals surface area contributed by atoms with Gasteiger partial charge in [0.2, 0.25) is 5.91 Å². The van der Waals surface area contributed by atoms with Gasteiger partial charge in [-0.15, -0.1) is 10.2 Å². The average Bonchev–Trinajstić information content (AvgIpc) is 3.23. The van der Waals surface area contributed by atoms with Crippen molar-refractivity contribution in [3.05, 3.63) is 65.9 Å². The minimum atomic E-state index is 0.258. The van der Waals surface area contributed by atoms with Gasteiger partial charge in [0, 0.05) is 66.6 Å². The Morgan fingerprint density at radius 1 is 1.08 bits per heavy atom. The second kappa shape index (κ2) is 9.75. The van der Waals surface area contributed by atoms with Gasteiger partial charge in [0.05, 0.1) is 5.52 Å². The Labute approximate surface area is 233 Å². The van der Waals surface area contributed by atoms with Crippen LogP contribution < -0.4 is 4.90 Å². The van der Waals surface area contributed by atoms with E-state index in [1.807, 2.05) is 17.9 Å². The van der Waals surface area contributed by atoms with Gasteiger partial charge < -0.3 is 14.4 Å². The molecular formula is C31H34N6OS. The van der Waals surface area contributed by atoms with Crippen molar-refractivity contribution in [2.75, 3.05) is 36.8 Å². The Balaban J connectivity index is 0.942. The van der Waals surface area contributed by atoms with Crippen LogP contribution in [0.4, 0.5) is 5.69 Å². The number of nitrogens with zero attached hydrogens (tertiary/aromatic N) is 6. The maximum absolute atomic E-state index is 12.1. The third-order valence-corrected chi connectivity index (χ3v) is 9.95. The summed E-state index contributed by atoms with van der Waals surface area (Å²) in [5, 5.41) is 11.1. The summed E-state index contributed by atoms with van der Waals surface area (Å²) < 4.78 is 2.11. The molecule has 2 aromatic carbocycles. The third-order valence-electron chi connectivity index (χ3n) is 8.84. The number of carbonyl (C=O) groups is 1. The van der Waals surface area contributed by atoms with E-state index in [4.69, 9.17) is 0 Å². The smallest absolute Gasteiger partial charge is 0.227 e. The summed E-state index contributed by atoms with van der Waals surface area (Å²) in [6.07, 6.45) is 4.08. The number of hydrogen-bond donors (Lipinski definition) is 0. The van der Waals surface area contributed by atoms with Crippen molar-refractivity contribution >= 4 is 34.3 Å². The number of hydrogen-bond acceptors (Lipinski definition) is 6. The molecule has 39 heavy (non-hydrogen) atoms. The van der Waals surface area contributed by atoms with E-state index < -0.39 is 0 Å². The van der Waals surface area contributed by atoms with Crippen LogP contribution in [0.2, 0.25) is 0 Å². The molecule has 0 spiro atoms. The monoisotopic (exact) mass is 538 g/mol. The highest BCUT2D eigenvalue weighted by Crippen LogP contribution is 2.59. The molecule has 4 aromatic rings. The van der Waals surface area contributed by atoms with Crippen molar-refractivity contribution in [1.82, 2.24) is 24.6 Å². The number of fused-ring (bicyclic) bond motifs is 2. The number of benzene rings is 2. The molecule has 2 atom stereocenters. The summed E-state index contributed by atoms with van der Waals surface area (Å²) in [5.74, 6) is 2.93. The van der Waals surface area contributed by atoms with Crippen LogP contribution >= 0.6 is 11.8 Å². The van der Waals surface area contributed by atoms with E-state index in [-0.39, 0.29) is 5.91 Å². The summed E-state index contributed by atoms with van der Waals surface area (Å²) in [7, 11) is 2.06. The molecule has 2 aliphatic heterocycles. The lowest BCUT2D eigenvalue weighted by Crippen LogP contribution is -2.28. The fourth-order valence-electron chi connectivity index (χ4n) is 6.68. The average molecular weight is 539 g/mol. The SMILES string of the molecule is Cc1ccc2c(-c3nnc(SCCCN4C[C@H]5CC5(c5ccc(N6CCCC6=O)cc5)C4)n3C)cccc2n1. The molecule has 0 bridgehead atoms. The predicted molar refractivity (Wildman–Crippen MR) is 156 cm³/mol. The minimum absolute atomic E-state index is 0.258. The maximum atomic E-state index is 12.1. The Bertz CT molecular complexity index is 1550. The summed E-state index contributed by atoms with van der Waals surface area (Å²) >= 11 is 1.79. The molecule has 1 amide bonds. The Hall–Kier alpha value is -3.23. The van der Waals surface area contributed by atoms with Crippen LogP contribution in [-0.4, -0.2) is 62.5 Å². The molecule has 2 aromatic heterocycles. The first-order chi connectivity index (χ1) is 19.0. The second-order valence-corrected chi connectivity index (χ2v) is 12.4. The number of rotatable bonds is 8. The third kappa shape index (κ3) is 4.43. The summed E-state index contributed by atoms with van der Waals surface area (Å²) in [5.41, 5.74) is 5.91. The Morgan fingerprint density at radius 2 is 1.95 bits per heavy atom. The van der Waals surface area contributed by atoms with Gasteiger partial charge >= 0.3 is 0 Å². The van der Waals surface area contributed by atoms with Crippen molar-refractivity contribution in [1.29, 1.82) is 0 Å². The first-order valence-corrected chi connectivity index (χ1v) is 15.0. The lowest BCUT2D eigenvalue weighted by molar-refractivity contribution is -0.117. The molecule has 200 valence electrons. The number of amides is 1. The first kappa shape index (κ1) is 24.8. The molecule has 1 aliphatic carbocycles. The number of pyridine rings is 1. The van der Waals surface area contributed by atoms with Crippen LogP contribution in [0.1, 0.15) is 36.9 Å². The Morgan fingerprint density at radius 3 is 2.77 bits per heavy atom. The van der Waals surface area contributed by atoms with E-state index in [1.165, 1.54) is 18.5 Å². The molecule has 0 radical (unpaired) electrons. The molecule has 7 rings (SSSR count). The number of thioether (sulfide) groups is 1. The molecule has 3 aliphatic rings. The number of piperidine rings is 1. The van der Waals surface area contributed by atoms with E-state index in [0.29, 0.717) is 11.8 Å². The van der Waals surface area contributed by atoms with E-state index in [9.17, 15) is 4.79 Å². The number of anilines is 1. The van der Waals surface area contributed by atoms with Gasteiger partial charge in [-0.2, -0.15) is 0 Å². The number of carbonyl (C=O) groups excluding carboxylic acids is 1. The molecular weight excluding hydrogens is 504 g/mol. The summed E-state index contributed by atoms with van der Waals surface area (Å²) in [6.45, 7) is 6.33. The van der Waals surface area contributed by atoms with Crippen molar-refractivity contribution in [2.45, 2.75) is 43.2 Å². The van der Waals surface area contributed by atoms with Crippen LogP contribution in [0.25, 0.3) is 22.3 Å². The fraction of sp³-hybridized carbons (Fsp3) is 0.419. The van der Waals surface area contributed by atoms with Crippen LogP contribution in [0.3, 0.4) is 0 Å². The highest BCUT2D eigenvalue weighted by atomic mass is 32.2. The van der Waals surface area contributed by atoms with Crippen molar-refractivity contribution in [3.63, 3.8) is 0 Å². The zero-order chi connectivity index (χ0) is 26.6. The van der Waals surface area contributed by atoms with Gasteiger partial charge in [-0.3, -0.25) is 9.78 Å². The quantitative estimate of drug-likeness (QED) is 0.226. The highest BCUT2D eigenvalue weighted by molar-refractivity contribution is 7.99. The number of aryl methyl sites for hydroxylation is 1. The molecule has 3 fully saturated rings. The lowest BCUT2D eigenvalue weighted by atomic mass is 9.94. The van der Waals surface area contributed by atoms with E-state index in [0.717, 1.165) is 83.0 Å². The zero-order valence-corrected chi connectivity index (χ0v) is 23.5. The highest BCUT2D eigenvalue weighted by Gasteiger charge is 2.60. The van der Waals surface area contributed by atoms with Gasteiger partial charge in [0.15, 0.2) is 11.0 Å². The topological polar surface area (TPSA) is 67.2 Å². The molecule has 4 heterocycles. The van der Waals surface area contributed by atoms with Gasteiger partial charge in [0.1, 0.15) is 0 Å². The standard InChI is InChI=1S/C31H34N6OS/c1-21-9-14-25-26(6-3-7-27(25)32-21)29-33-34-30(35(29)2)39-17-5-15-36-19-23-18-31(23,20-36)22-10-12-24(13-11-22)37-16-4-8-28(37)38/h3,6-7,9-14,23H,4-5,8,15-20H2,1-2H3/t23-,31?/m1/s1. The van der Waals surface area contributed by atoms with Crippen LogP contribution in [-0.2, 0) is 17.3 Å². The summed E-state index contributed by atoms with van der Waals surface area (Å²) in [6, 6.07) is 19.3. The number of aromatic nitrogens is 4. The second-order valence-electron chi connectivity index (χ2n) is 11.4. The first-order valence-electron chi connectivity index (χ1n) is 14.0.